The molecule has 0 spiro atoms. The van der Waals surface area contributed by atoms with E-state index >= 15 is 0 Å². The van der Waals surface area contributed by atoms with Gasteiger partial charge in [0.15, 0.2) is 0 Å². The highest BCUT2D eigenvalue weighted by atomic mass is 32.1. The molecule has 0 unspecified atom stereocenters. The quantitative estimate of drug-likeness (QED) is 0.776. The van der Waals surface area contributed by atoms with Crippen LogP contribution < -0.4 is 0 Å². The molecule has 0 saturated heterocycles. The Bertz CT molecular complexity index is 440. The fraction of sp³-hybridized carbons (Fsp3) is 0.364. The molecule has 1 saturated carbocycles. The zero-order chi connectivity index (χ0) is 9.60. The van der Waals surface area contributed by atoms with Crippen LogP contribution in [0.3, 0.4) is 0 Å². The Morgan fingerprint density at radius 2 is 2.07 bits per heavy atom. The van der Waals surface area contributed by atoms with E-state index in [2.05, 4.69) is 11.1 Å². The minimum atomic E-state index is -0.607. The SMILES string of the molecule is OC1(c2nc3ccccc3s2)CCC1. The van der Waals surface area contributed by atoms with Crippen LogP contribution in [-0.4, -0.2) is 10.1 Å². The predicted molar refractivity (Wildman–Crippen MR) is 57.4 cm³/mol. The van der Waals surface area contributed by atoms with Crippen molar-refractivity contribution < 1.29 is 5.11 Å². The molecule has 0 radical (unpaired) electrons. The molecule has 1 aromatic heterocycles. The van der Waals surface area contributed by atoms with Gasteiger partial charge in [0, 0.05) is 0 Å². The summed E-state index contributed by atoms with van der Waals surface area (Å²) in [5.41, 5.74) is 0.400. The number of benzene rings is 1. The summed E-state index contributed by atoms with van der Waals surface area (Å²) in [6.07, 6.45) is 2.85. The van der Waals surface area contributed by atoms with E-state index in [-0.39, 0.29) is 0 Å². The molecule has 1 heterocycles. The van der Waals surface area contributed by atoms with Crippen LogP contribution >= 0.6 is 11.3 Å². The van der Waals surface area contributed by atoms with Crippen LogP contribution in [0.1, 0.15) is 24.3 Å². The Labute approximate surface area is 86.2 Å². The lowest BCUT2D eigenvalue weighted by Gasteiger charge is -2.34. The van der Waals surface area contributed by atoms with Crippen molar-refractivity contribution in [2.24, 2.45) is 0 Å². The third kappa shape index (κ3) is 1.09. The minimum absolute atomic E-state index is 0.607. The summed E-state index contributed by atoms with van der Waals surface area (Å²) in [5.74, 6) is 0. The molecule has 1 N–H and O–H groups in total. The molecule has 1 aromatic carbocycles. The van der Waals surface area contributed by atoms with Gasteiger partial charge < -0.3 is 5.11 Å². The zero-order valence-electron chi connectivity index (χ0n) is 7.73. The van der Waals surface area contributed by atoms with Gasteiger partial charge in [0.05, 0.1) is 10.2 Å². The monoisotopic (exact) mass is 205 g/mol. The summed E-state index contributed by atoms with van der Waals surface area (Å²) in [7, 11) is 0. The lowest BCUT2D eigenvalue weighted by atomic mass is 9.81. The lowest BCUT2D eigenvalue weighted by molar-refractivity contribution is -0.0387. The second-order valence-electron chi connectivity index (χ2n) is 3.87. The number of aromatic nitrogens is 1. The normalized spacial score (nSPS) is 19.5. The number of thiazole rings is 1. The van der Waals surface area contributed by atoms with Gasteiger partial charge in [-0.25, -0.2) is 4.98 Å². The van der Waals surface area contributed by atoms with Gasteiger partial charge in [-0.1, -0.05) is 12.1 Å². The van der Waals surface area contributed by atoms with E-state index < -0.39 is 5.60 Å². The van der Waals surface area contributed by atoms with Crippen molar-refractivity contribution in [3.63, 3.8) is 0 Å². The highest BCUT2D eigenvalue weighted by Gasteiger charge is 2.39. The number of rotatable bonds is 1. The average Bonchev–Trinajstić information content (AvgIpc) is 2.57. The molecule has 1 aliphatic rings. The zero-order valence-corrected chi connectivity index (χ0v) is 8.55. The first-order chi connectivity index (χ1) is 6.78. The molecule has 1 fully saturated rings. The Kier molecular flexibility index (Phi) is 1.66. The number of hydrogen-bond donors (Lipinski definition) is 1. The number of hydrogen-bond acceptors (Lipinski definition) is 3. The van der Waals surface area contributed by atoms with Crippen molar-refractivity contribution in [3.05, 3.63) is 29.3 Å². The van der Waals surface area contributed by atoms with Crippen LogP contribution in [-0.2, 0) is 5.60 Å². The van der Waals surface area contributed by atoms with Crippen molar-refractivity contribution in [2.45, 2.75) is 24.9 Å². The maximum absolute atomic E-state index is 10.1. The van der Waals surface area contributed by atoms with Gasteiger partial charge in [-0.2, -0.15) is 0 Å². The molecular weight excluding hydrogens is 194 g/mol. The molecule has 0 aliphatic heterocycles. The molecule has 2 aromatic rings. The molecule has 0 bridgehead atoms. The molecule has 0 amide bonds. The molecule has 72 valence electrons. The minimum Gasteiger partial charge on any atom is -0.383 e. The van der Waals surface area contributed by atoms with E-state index in [1.807, 2.05) is 18.2 Å². The van der Waals surface area contributed by atoms with Gasteiger partial charge in [-0.15, -0.1) is 11.3 Å². The molecule has 14 heavy (non-hydrogen) atoms. The summed E-state index contributed by atoms with van der Waals surface area (Å²) in [6.45, 7) is 0. The van der Waals surface area contributed by atoms with Crippen LogP contribution in [0.4, 0.5) is 0 Å². The van der Waals surface area contributed by atoms with E-state index in [9.17, 15) is 5.11 Å². The summed E-state index contributed by atoms with van der Waals surface area (Å²) in [5, 5.41) is 11.0. The summed E-state index contributed by atoms with van der Waals surface area (Å²) >= 11 is 1.62. The van der Waals surface area contributed by atoms with Gasteiger partial charge in [0.25, 0.3) is 0 Å². The summed E-state index contributed by atoms with van der Waals surface area (Å²) < 4.78 is 1.17. The largest absolute Gasteiger partial charge is 0.383 e. The second-order valence-corrected chi connectivity index (χ2v) is 4.90. The maximum atomic E-state index is 10.1. The molecule has 2 nitrogen and oxygen atoms in total. The average molecular weight is 205 g/mol. The number of aliphatic hydroxyl groups is 1. The van der Waals surface area contributed by atoms with Crippen LogP contribution in [0.25, 0.3) is 10.2 Å². The van der Waals surface area contributed by atoms with Crippen LogP contribution in [0.2, 0.25) is 0 Å². The standard InChI is InChI=1S/C11H11NOS/c13-11(6-3-7-11)10-12-8-4-1-2-5-9(8)14-10/h1-2,4-5,13H,3,6-7H2. The molecule has 3 rings (SSSR count). The van der Waals surface area contributed by atoms with E-state index in [1.54, 1.807) is 11.3 Å². The first kappa shape index (κ1) is 8.38. The van der Waals surface area contributed by atoms with Crippen LogP contribution in [0.15, 0.2) is 24.3 Å². The van der Waals surface area contributed by atoms with Crippen molar-refractivity contribution >= 4 is 21.6 Å². The van der Waals surface area contributed by atoms with Crippen LogP contribution in [0, 0.1) is 0 Å². The van der Waals surface area contributed by atoms with Crippen molar-refractivity contribution in [3.8, 4) is 0 Å². The molecule has 1 aliphatic carbocycles. The van der Waals surface area contributed by atoms with Gasteiger partial charge in [0.1, 0.15) is 10.6 Å². The predicted octanol–water partition coefficient (Wildman–Crippen LogP) is 2.67. The summed E-state index contributed by atoms with van der Waals surface area (Å²) in [6, 6.07) is 8.04. The van der Waals surface area contributed by atoms with Gasteiger partial charge in [-0.05, 0) is 31.4 Å². The van der Waals surface area contributed by atoms with E-state index in [0.29, 0.717) is 0 Å². The highest BCUT2D eigenvalue weighted by molar-refractivity contribution is 7.18. The smallest absolute Gasteiger partial charge is 0.126 e. The third-order valence-corrected chi connectivity index (χ3v) is 4.10. The van der Waals surface area contributed by atoms with Crippen molar-refractivity contribution in [1.82, 2.24) is 4.98 Å². The topological polar surface area (TPSA) is 33.1 Å². The van der Waals surface area contributed by atoms with E-state index in [4.69, 9.17) is 0 Å². The second kappa shape index (κ2) is 2.78. The first-order valence-corrected chi connectivity index (χ1v) is 5.68. The van der Waals surface area contributed by atoms with Gasteiger partial charge in [0.2, 0.25) is 0 Å². The fourth-order valence-electron chi connectivity index (χ4n) is 1.80. The lowest BCUT2D eigenvalue weighted by Crippen LogP contribution is -2.33. The number of fused-ring (bicyclic) bond motifs is 1. The molecule has 0 atom stereocenters. The molecular formula is C11H11NOS. The fourth-order valence-corrected chi connectivity index (χ4v) is 2.91. The Morgan fingerprint density at radius 3 is 2.71 bits per heavy atom. The summed E-state index contributed by atoms with van der Waals surface area (Å²) in [4.78, 5) is 4.47. The third-order valence-electron chi connectivity index (χ3n) is 2.87. The Morgan fingerprint density at radius 1 is 1.29 bits per heavy atom. The Balaban J connectivity index is 2.14. The number of nitrogens with zero attached hydrogens (tertiary/aromatic N) is 1. The maximum Gasteiger partial charge on any atom is 0.126 e. The van der Waals surface area contributed by atoms with Gasteiger partial charge >= 0.3 is 0 Å². The number of para-hydroxylation sites is 1. The molecule has 3 heteroatoms. The van der Waals surface area contributed by atoms with E-state index in [1.165, 1.54) is 4.70 Å². The van der Waals surface area contributed by atoms with Crippen molar-refractivity contribution in [2.75, 3.05) is 0 Å². The Hall–Kier alpha value is -0.930. The van der Waals surface area contributed by atoms with Crippen LogP contribution in [0.5, 0.6) is 0 Å². The highest BCUT2D eigenvalue weighted by Crippen LogP contribution is 2.43. The van der Waals surface area contributed by atoms with Gasteiger partial charge in [-0.3, -0.25) is 0 Å². The van der Waals surface area contributed by atoms with Crippen molar-refractivity contribution in [1.29, 1.82) is 0 Å². The van der Waals surface area contributed by atoms with E-state index in [0.717, 1.165) is 29.8 Å². The first-order valence-electron chi connectivity index (χ1n) is 4.86.